The molecule has 4 nitrogen and oxygen atoms in total. The van der Waals surface area contributed by atoms with Gasteiger partial charge in [0.2, 0.25) is 0 Å². The van der Waals surface area contributed by atoms with E-state index in [0.717, 1.165) is 11.1 Å². The van der Waals surface area contributed by atoms with Crippen LogP contribution < -0.4 is 5.32 Å². The van der Waals surface area contributed by atoms with Crippen molar-refractivity contribution in [3.63, 3.8) is 0 Å². The second-order valence-electron chi connectivity index (χ2n) is 4.50. The van der Waals surface area contributed by atoms with Crippen LogP contribution in [-0.2, 0) is 0 Å². The summed E-state index contributed by atoms with van der Waals surface area (Å²) in [5.74, 6) is -0.306. The summed E-state index contributed by atoms with van der Waals surface area (Å²) in [6.45, 7) is 3.75. The lowest BCUT2D eigenvalue weighted by Crippen LogP contribution is -2.26. The van der Waals surface area contributed by atoms with Crippen molar-refractivity contribution in [3.8, 4) is 5.75 Å². The summed E-state index contributed by atoms with van der Waals surface area (Å²) in [5.41, 5.74) is 2.13. The van der Waals surface area contributed by atoms with Crippen LogP contribution in [-0.4, -0.2) is 16.0 Å². The molecule has 1 atom stereocenters. The molecule has 0 aliphatic heterocycles. The number of aryl methyl sites for hydroxylation is 1. The predicted octanol–water partition coefficient (Wildman–Crippen LogP) is 2.59. The normalized spacial score (nSPS) is 11.9. The molecule has 0 radical (unpaired) electrons. The third kappa shape index (κ3) is 3.10. The highest BCUT2D eigenvalue weighted by molar-refractivity contribution is 5.97. The molecule has 0 fully saturated rings. The molecule has 1 aromatic carbocycles. The van der Waals surface area contributed by atoms with E-state index in [1.807, 2.05) is 26.0 Å². The van der Waals surface area contributed by atoms with Crippen molar-refractivity contribution >= 4 is 5.91 Å². The minimum Gasteiger partial charge on any atom is -0.507 e. The number of rotatable bonds is 3. The summed E-state index contributed by atoms with van der Waals surface area (Å²) in [7, 11) is 0. The van der Waals surface area contributed by atoms with Gasteiger partial charge in [0, 0.05) is 12.4 Å². The Labute approximate surface area is 112 Å². The molecule has 1 unspecified atom stereocenters. The van der Waals surface area contributed by atoms with Gasteiger partial charge >= 0.3 is 0 Å². The lowest BCUT2D eigenvalue weighted by Gasteiger charge is -2.14. The SMILES string of the molecule is Cc1ccc(O)c(C(=O)NC(C)c2cccnc2)c1. The van der Waals surface area contributed by atoms with Crippen molar-refractivity contribution in [1.29, 1.82) is 0 Å². The van der Waals surface area contributed by atoms with E-state index in [4.69, 9.17) is 0 Å². The highest BCUT2D eigenvalue weighted by Gasteiger charge is 2.14. The fourth-order valence-corrected chi connectivity index (χ4v) is 1.82. The van der Waals surface area contributed by atoms with Crippen molar-refractivity contribution in [2.75, 3.05) is 0 Å². The monoisotopic (exact) mass is 256 g/mol. The Hall–Kier alpha value is -2.36. The molecule has 2 rings (SSSR count). The molecule has 4 heteroatoms. The van der Waals surface area contributed by atoms with Crippen LogP contribution in [0.2, 0.25) is 0 Å². The van der Waals surface area contributed by atoms with Crippen LogP contribution in [0.3, 0.4) is 0 Å². The average Bonchev–Trinajstić information content (AvgIpc) is 2.42. The number of benzene rings is 1. The number of nitrogens with one attached hydrogen (secondary N) is 1. The first-order chi connectivity index (χ1) is 9.08. The second kappa shape index (κ2) is 5.52. The number of hydrogen-bond acceptors (Lipinski definition) is 3. The quantitative estimate of drug-likeness (QED) is 0.887. The van der Waals surface area contributed by atoms with E-state index in [1.54, 1.807) is 24.5 Å². The molecule has 1 amide bonds. The van der Waals surface area contributed by atoms with Gasteiger partial charge in [0.25, 0.3) is 5.91 Å². The van der Waals surface area contributed by atoms with Crippen LogP contribution in [0.5, 0.6) is 5.75 Å². The molecule has 1 heterocycles. The molecule has 98 valence electrons. The minimum absolute atomic E-state index is 0.0125. The molecule has 0 saturated heterocycles. The van der Waals surface area contributed by atoms with Gasteiger partial charge in [0.05, 0.1) is 11.6 Å². The fourth-order valence-electron chi connectivity index (χ4n) is 1.82. The molecule has 0 saturated carbocycles. The second-order valence-corrected chi connectivity index (χ2v) is 4.50. The first kappa shape index (κ1) is 13.1. The number of phenols is 1. The summed E-state index contributed by atoms with van der Waals surface area (Å²) in [4.78, 5) is 16.1. The van der Waals surface area contributed by atoms with Gasteiger partial charge in [-0.3, -0.25) is 9.78 Å². The standard InChI is InChI=1S/C15H16N2O2/c1-10-5-6-14(18)13(8-10)15(19)17-11(2)12-4-3-7-16-9-12/h3-9,11,18H,1-2H3,(H,17,19). The Morgan fingerprint density at radius 1 is 1.37 bits per heavy atom. The van der Waals surface area contributed by atoms with Gasteiger partial charge in [-0.2, -0.15) is 0 Å². The Bertz CT molecular complexity index is 582. The van der Waals surface area contributed by atoms with Crippen LogP contribution in [0, 0.1) is 6.92 Å². The van der Waals surface area contributed by atoms with E-state index in [-0.39, 0.29) is 23.3 Å². The topological polar surface area (TPSA) is 62.2 Å². The van der Waals surface area contributed by atoms with E-state index in [1.165, 1.54) is 6.07 Å². The van der Waals surface area contributed by atoms with Crippen molar-refractivity contribution in [1.82, 2.24) is 10.3 Å². The zero-order valence-corrected chi connectivity index (χ0v) is 10.9. The first-order valence-corrected chi connectivity index (χ1v) is 6.08. The summed E-state index contributed by atoms with van der Waals surface area (Å²) in [6, 6.07) is 8.51. The maximum absolute atomic E-state index is 12.1. The third-order valence-electron chi connectivity index (χ3n) is 2.93. The fraction of sp³-hybridized carbons (Fsp3) is 0.200. The third-order valence-corrected chi connectivity index (χ3v) is 2.93. The van der Waals surface area contributed by atoms with Crippen LogP contribution in [0.25, 0.3) is 0 Å². The summed E-state index contributed by atoms with van der Waals surface area (Å²) >= 11 is 0. The van der Waals surface area contributed by atoms with Crippen LogP contribution in [0.15, 0.2) is 42.7 Å². The molecular weight excluding hydrogens is 240 g/mol. The number of aromatic nitrogens is 1. The molecule has 2 aromatic rings. The number of hydrogen-bond donors (Lipinski definition) is 2. The molecular formula is C15H16N2O2. The van der Waals surface area contributed by atoms with Crippen LogP contribution in [0.1, 0.15) is 34.5 Å². The molecule has 2 N–H and O–H groups in total. The van der Waals surface area contributed by atoms with Gasteiger partial charge in [-0.25, -0.2) is 0 Å². The Balaban J connectivity index is 2.15. The van der Waals surface area contributed by atoms with E-state index >= 15 is 0 Å². The summed E-state index contributed by atoms with van der Waals surface area (Å²) < 4.78 is 0. The number of phenolic OH excluding ortho intramolecular Hbond substituents is 1. The highest BCUT2D eigenvalue weighted by Crippen LogP contribution is 2.19. The molecule has 19 heavy (non-hydrogen) atoms. The Morgan fingerprint density at radius 2 is 2.16 bits per heavy atom. The van der Waals surface area contributed by atoms with Gasteiger partial charge in [0.15, 0.2) is 0 Å². The Kier molecular flexibility index (Phi) is 3.80. The number of amides is 1. The number of carbonyl (C=O) groups excluding carboxylic acids is 1. The van der Waals surface area contributed by atoms with E-state index in [2.05, 4.69) is 10.3 Å². The van der Waals surface area contributed by atoms with E-state index in [9.17, 15) is 9.90 Å². The van der Waals surface area contributed by atoms with Crippen molar-refractivity contribution in [2.45, 2.75) is 19.9 Å². The van der Waals surface area contributed by atoms with Crippen molar-refractivity contribution in [3.05, 3.63) is 59.4 Å². The summed E-state index contributed by atoms with van der Waals surface area (Å²) in [5, 5.41) is 12.6. The molecule has 0 aliphatic rings. The number of pyridine rings is 1. The van der Waals surface area contributed by atoms with Crippen LogP contribution >= 0.6 is 0 Å². The lowest BCUT2D eigenvalue weighted by molar-refractivity contribution is 0.0937. The first-order valence-electron chi connectivity index (χ1n) is 6.08. The van der Waals surface area contributed by atoms with Crippen molar-refractivity contribution < 1.29 is 9.90 Å². The number of carbonyl (C=O) groups is 1. The number of nitrogens with zero attached hydrogens (tertiary/aromatic N) is 1. The number of aromatic hydroxyl groups is 1. The van der Waals surface area contributed by atoms with E-state index in [0.29, 0.717) is 0 Å². The van der Waals surface area contributed by atoms with Gasteiger partial charge < -0.3 is 10.4 Å². The van der Waals surface area contributed by atoms with Crippen molar-refractivity contribution in [2.24, 2.45) is 0 Å². The zero-order chi connectivity index (χ0) is 13.8. The van der Waals surface area contributed by atoms with Crippen LogP contribution in [0.4, 0.5) is 0 Å². The minimum atomic E-state index is -0.294. The average molecular weight is 256 g/mol. The van der Waals surface area contributed by atoms with Gasteiger partial charge in [0.1, 0.15) is 5.75 Å². The highest BCUT2D eigenvalue weighted by atomic mass is 16.3. The molecule has 0 aliphatic carbocycles. The molecule has 0 spiro atoms. The smallest absolute Gasteiger partial charge is 0.255 e. The maximum Gasteiger partial charge on any atom is 0.255 e. The summed E-state index contributed by atoms with van der Waals surface area (Å²) in [6.07, 6.45) is 3.39. The lowest BCUT2D eigenvalue weighted by atomic mass is 10.1. The Morgan fingerprint density at radius 3 is 2.84 bits per heavy atom. The van der Waals surface area contributed by atoms with Gasteiger partial charge in [-0.05, 0) is 37.6 Å². The molecule has 0 bridgehead atoms. The predicted molar refractivity (Wildman–Crippen MR) is 73.0 cm³/mol. The van der Waals surface area contributed by atoms with Gasteiger partial charge in [-0.15, -0.1) is 0 Å². The largest absolute Gasteiger partial charge is 0.507 e. The van der Waals surface area contributed by atoms with E-state index < -0.39 is 0 Å². The zero-order valence-electron chi connectivity index (χ0n) is 10.9. The molecule has 1 aromatic heterocycles. The maximum atomic E-state index is 12.1. The van der Waals surface area contributed by atoms with Gasteiger partial charge in [-0.1, -0.05) is 17.7 Å².